The molecule has 0 saturated carbocycles. The molecule has 0 aromatic heterocycles. The van der Waals surface area contributed by atoms with Crippen LogP contribution in [0.15, 0.2) is 72.8 Å². The van der Waals surface area contributed by atoms with Crippen LogP contribution in [0.2, 0.25) is 6.04 Å². The molecule has 54 heavy (non-hydrogen) atoms. The average Bonchev–Trinajstić information content (AvgIpc) is 3.14. The van der Waals surface area contributed by atoms with Gasteiger partial charge in [0.2, 0.25) is 0 Å². The Morgan fingerprint density at radius 1 is 0.833 bits per heavy atom. The fourth-order valence-corrected chi connectivity index (χ4v) is 10.5. The summed E-state index contributed by atoms with van der Waals surface area (Å²) in [5.74, 6) is 0.806. The molecule has 3 aliphatic rings. The van der Waals surface area contributed by atoms with Crippen LogP contribution in [0.25, 0.3) is 0 Å². The van der Waals surface area contributed by atoms with Gasteiger partial charge in [-0.3, -0.25) is 0 Å². The number of aromatic hydroxyl groups is 1. The molecule has 0 bridgehead atoms. The highest BCUT2D eigenvalue weighted by Gasteiger charge is 2.46. The van der Waals surface area contributed by atoms with Crippen molar-refractivity contribution in [1.82, 2.24) is 10.2 Å². The number of carbonyl (C=O) groups is 1. The summed E-state index contributed by atoms with van der Waals surface area (Å²) >= 11 is 0. The number of alkyl halides is 3. The minimum Gasteiger partial charge on any atom is -0.506 e. The van der Waals surface area contributed by atoms with Crippen molar-refractivity contribution >= 4 is 43.3 Å². The Hall–Kier alpha value is -4.76. The lowest BCUT2D eigenvalue weighted by molar-refractivity contribution is -0.137. The number of anilines is 5. The molecule has 0 fully saturated rings. The summed E-state index contributed by atoms with van der Waals surface area (Å²) in [5.41, 5.74) is 5.06. The standard InChI is InChI=1S/C40H45F3N4O6Si/c1-5-50-54(51-6-2,52-7-3)24-11-21-44-39(49)45(4)22-12-23-46-27-13-8-15-29-35(27)38-36-28(46)14-9-17-33(36)53-34-18-10-16-30(37(34)38)47(29)31-25-26(40(41,42)43)19-20-32(31)48/h8-10,13-20,25,38,48H,5-7,11-12,21-24H2,1-4H3,(H,44,49). The van der Waals surface area contributed by atoms with Gasteiger partial charge in [0.25, 0.3) is 0 Å². The maximum atomic E-state index is 14.0. The molecule has 14 heteroatoms. The Balaban J connectivity index is 1.14. The Kier molecular flexibility index (Phi) is 10.5. The minimum absolute atomic E-state index is 0.0237. The molecule has 3 heterocycles. The van der Waals surface area contributed by atoms with Gasteiger partial charge in [0.15, 0.2) is 0 Å². The van der Waals surface area contributed by atoms with E-state index in [2.05, 4.69) is 16.3 Å². The van der Waals surface area contributed by atoms with E-state index in [0.717, 1.165) is 46.3 Å². The third-order valence-electron chi connectivity index (χ3n) is 10.1. The highest BCUT2D eigenvalue weighted by atomic mass is 28.4. The summed E-state index contributed by atoms with van der Waals surface area (Å²) in [6.45, 7) is 8.71. The van der Waals surface area contributed by atoms with E-state index < -0.39 is 20.5 Å². The molecule has 0 spiro atoms. The van der Waals surface area contributed by atoms with Crippen LogP contribution < -0.4 is 19.9 Å². The number of halogens is 3. The van der Waals surface area contributed by atoms with E-state index in [1.54, 1.807) is 16.8 Å². The van der Waals surface area contributed by atoms with Gasteiger partial charge in [-0.15, -0.1) is 0 Å². The second-order valence-electron chi connectivity index (χ2n) is 13.4. The largest absolute Gasteiger partial charge is 0.506 e. The van der Waals surface area contributed by atoms with E-state index in [0.29, 0.717) is 81.2 Å². The molecule has 1 atom stereocenters. The van der Waals surface area contributed by atoms with Crippen LogP contribution in [0.4, 0.5) is 46.4 Å². The predicted octanol–water partition coefficient (Wildman–Crippen LogP) is 9.40. The van der Waals surface area contributed by atoms with Gasteiger partial charge in [-0.05, 0) is 88.2 Å². The van der Waals surface area contributed by atoms with Crippen molar-refractivity contribution in [1.29, 1.82) is 0 Å². The Bertz CT molecular complexity index is 2010. The number of phenolic OH excluding ortho intramolecular Hbond substituents is 1. The maximum Gasteiger partial charge on any atom is 0.500 e. The second kappa shape index (κ2) is 15.2. The van der Waals surface area contributed by atoms with Gasteiger partial charge in [-0.1, -0.05) is 18.2 Å². The fourth-order valence-electron chi connectivity index (χ4n) is 7.92. The van der Waals surface area contributed by atoms with Crippen molar-refractivity contribution < 1.29 is 41.1 Å². The zero-order valence-corrected chi connectivity index (χ0v) is 31.8. The Labute approximate surface area is 314 Å². The number of carbonyl (C=O) groups excluding carboxylic acids is 1. The number of nitrogens with zero attached hydrogens (tertiary/aromatic N) is 3. The molecule has 2 N–H and O–H groups in total. The number of urea groups is 1. The quantitative estimate of drug-likeness (QED) is 0.0790. The van der Waals surface area contributed by atoms with E-state index in [1.165, 1.54) is 0 Å². The molecule has 0 radical (unpaired) electrons. The molecule has 0 aliphatic carbocycles. The van der Waals surface area contributed by atoms with Gasteiger partial charge in [-0.2, -0.15) is 13.2 Å². The highest BCUT2D eigenvalue weighted by molar-refractivity contribution is 6.60. The third kappa shape index (κ3) is 6.76. The third-order valence-corrected chi connectivity index (χ3v) is 13.2. The van der Waals surface area contributed by atoms with Crippen molar-refractivity contribution in [2.24, 2.45) is 0 Å². The maximum absolute atomic E-state index is 14.0. The van der Waals surface area contributed by atoms with Crippen LogP contribution in [-0.4, -0.2) is 71.3 Å². The Morgan fingerprint density at radius 3 is 2.04 bits per heavy atom. The number of phenols is 1. The molecule has 286 valence electrons. The van der Waals surface area contributed by atoms with Gasteiger partial charge >= 0.3 is 21.0 Å². The van der Waals surface area contributed by atoms with Crippen LogP contribution in [0, 0.1) is 0 Å². The molecule has 0 saturated heterocycles. The first-order valence-corrected chi connectivity index (χ1v) is 20.4. The first kappa shape index (κ1) is 37.5. The SMILES string of the molecule is CCO[Si](CCCNC(=O)N(C)CCCN1c2cccc3c2C2c4c(cccc4N(c4cc(C(F)(F)F)ccc4O)c4cccc1c42)O3)(OCC)OCC. The Morgan fingerprint density at radius 2 is 1.41 bits per heavy atom. The molecular weight excluding hydrogens is 718 g/mol. The molecule has 3 aliphatic heterocycles. The smallest absolute Gasteiger partial charge is 0.500 e. The first-order chi connectivity index (χ1) is 26.0. The molecular formula is C40H45F3N4O6Si. The molecule has 2 amide bonds. The summed E-state index contributed by atoms with van der Waals surface area (Å²) < 4.78 is 66.3. The van der Waals surface area contributed by atoms with Gasteiger partial charge in [0.1, 0.15) is 17.2 Å². The second-order valence-corrected chi connectivity index (χ2v) is 16.1. The normalized spacial score (nSPS) is 15.1. The number of hydrogen-bond donors (Lipinski definition) is 2. The van der Waals surface area contributed by atoms with Crippen LogP contribution in [0.5, 0.6) is 17.2 Å². The first-order valence-electron chi connectivity index (χ1n) is 18.5. The van der Waals surface area contributed by atoms with Gasteiger partial charge in [0.05, 0.1) is 22.6 Å². The fraction of sp³-hybridized carbons (Fsp3) is 0.375. The van der Waals surface area contributed by atoms with E-state index in [-0.39, 0.29) is 23.4 Å². The number of rotatable bonds is 15. The van der Waals surface area contributed by atoms with E-state index >= 15 is 0 Å². The summed E-state index contributed by atoms with van der Waals surface area (Å²) in [5, 5.41) is 14.1. The molecule has 1 unspecified atom stereocenters. The van der Waals surface area contributed by atoms with Gasteiger partial charge in [0, 0.05) is 86.5 Å². The summed E-state index contributed by atoms with van der Waals surface area (Å²) in [4.78, 5) is 18.7. The lowest BCUT2D eigenvalue weighted by Crippen LogP contribution is -2.46. The van der Waals surface area contributed by atoms with Gasteiger partial charge in [-0.25, -0.2) is 4.79 Å². The molecule has 7 rings (SSSR count). The van der Waals surface area contributed by atoms with Crippen molar-refractivity contribution in [3.05, 3.63) is 95.1 Å². The number of amides is 2. The number of ether oxygens (including phenoxy) is 1. The minimum atomic E-state index is -4.60. The van der Waals surface area contributed by atoms with Crippen LogP contribution in [0.1, 0.15) is 61.8 Å². The number of hydrogen-bond acceptors (Lipinski definition) is 8. The summed E-state index contributed by atoms with van der Waals surface area (Å²) in [6, 6.07) is 20.7. The zero-order valence-electron chi connectivity index (χ0n) is 30.8. The van der Waals surface area contributed by atoms with Crippen molar-refractivity contribution in [2.45, 2.75) is 51.8 Å². The van der Waals surface area contributed by atoms with E-state index in [1.807, 2.05) is 69.3 Å². The topological polar surface area (TPSA) is 96.0 Å². The van der Waals surface area contributed by atoms with Crippen molar-refractivity contribution in [2.75, 3.05) is 56.3 Å². The van der Waals surface area contributed by atoms with Crippen molar-refractivity contribution in [3.63, 3.8) is 0 Å². The highest BCUT2D eigenvalue weighted by Crippen LogP contribution is 2.65. The average molecular weight is 763 g/mol. The zero-order chi connectivity index (χ0) is 38.2. The van der Waals surface area contributed by atoms with E-state index in [4.69, 9.17) is 18.0 Å². The number of nitrogens with one attached hydrogen (secondary N) is 1. The van der Waals surface area contributed by atoms with Crippen LogP contribution >= 0.6 is 0 Å². The molecule has 10 nitrogen and oxygen atoms in total. The summed E-state index contributed by atoms with van der Waals surface area (Å²) in [7, 11) is -1.03. The lowest BCUT2D eigenvalue weighted by Gasteiger charge is -2.47. The lowest BCUT2D eigenvalue weighted by atomic mass is 9.74. The monoisotopic (exact) mass is 762 g/mol. The van der Waals surface area contributed by atoms with Crippen LogP contribution in [0.3, 0.4) is 0 Å². The number of benzene rings is 4. The predicted molar refractivity (Wildman–Crippen MR) is 203 cm³/mol. The van der Waals surface area contributed by atoms with Crippen LogP contribution in [-0.2, 0) is 19.5 Å². The van der Waals surface area contributed by atoms with Gasteiger partial charge < -0.3 is 43.1 Å². The molecule has 4 aromatic rings. The molecule has 4 aromatic carbocycles. The van der Waals surface area contributed by atoms with Crippen molar-refractivity contribution in [3.8, 4) is 17.2 Å². The van der Waals surface area contributed by atoms with E-state index in [9.17, 15) is 23.1 Å². The summed E-state index contributed by atoms with van der Waals surface area (Å²) in [6.07, 6.45) is -3.33.